The van der Waals surface area contributed by atoms with Crippen LogP contribution in [0.4, 0.5) is 5.69 Å². The Kier molecular flexibility index (Phi) is 3.48. The smallest absolute Gasteiger partial charge is 0.216 e. The van der Waals surface area contributed by atoms with Gasteiger partial charge in [0.2, 0.25) is 5.43 Å². The van der Waals surface area contributed by atoms with Crippen LogP contribution in [0.3, 0.4) is 0 Å². The Bertz CT molecular complexity index is 819. The Morgan fingerprint density at radius 1 is 0.952 bits per heavy atom. The molecule has 1 heterocycles. The molecule has 3 rings (SSSR count). The Hall–Kier alpha value is -2.55. The van der Waals surface area contributed by atoms with E-state index in [-0.39, 0.29) is 11.5 Å². The van der Waals surface area contributed by atoms with Crippen molar-refractivity contribution in [1.29, 1.82) is 0 Å². The first kappa shape index (κ1) is 13.4. The lowest BCUT2D eigenvalue weighted by Crippen LogP contribution is -2.18. The monoisotopic (exact) mass is 279 g/mol. The molecule has 2 aromatic carbocycles. The van der Waals surface area contributed by atoms with Crippen molar-refractivity contribution >= 4 is 16.7 Å². The average Bonchev–Trinajstić information content (AvgIpc) is 2.50. The van der Waals surface area contributed by atoms with Gasteiger partial charge in [-0.05, 0) is 26.0 Å². The summed E-state index contributed by atoms with van der Waals surface area (Å²) in [4.78, 5) is 12.7. The Morgan fingerprint density at radius 3 is 2.33 bits per heavy atom. The number of nitrogens with one attached hydrogen (secondary N) is 1. The van der Waals surface area contributed by atoms with Gasteiger partial charge in [0.25, 0.3) is 0 Å². The molecule has 0 atom stereocenters. The second-order valence-electron chi connectivity index (χ2n) is 5.30. The van der Waals surface area contributed by atoms with Crippen molar-refractivity contribution in [1.82, 2.24) is 0 Å². The molecule has 106 valence electrons. The minimum absolute atomic E-state index is 0.0237. The molecule has 0 radical (unpaired) electrons. The van der Waals surface area contributed by atoms with Gasteiger partial charge in [0.05, 0.1) is 5.39 Å². The molecule has 3 aromatic rings. The first-order chi connectivity index (χ1) is 10.2. The van der Waals surface area contributed by atoms with E-state index in [1.165, 1.54) is 0 Å². The molecule has 0 saturated heterocycles. The van der Waals surface area contributed by atoms with Crippen molar-refractivity contribution in [2.24, 2.45) is 0 Å². The van der Waals surface area contributed by atoms with Gasteiger partial charge in [-0.3, -0.25) is 4.79 Å². The molecule has 0 aliphatic carbocycles. The standard InChI is InChI=1S/C18H17NO2/c1-12(2)19-16-17(20)14-10-6-7-11-15(14)21-18(16)13-8-4-3-5-9-13/h3-12,19H,1-2H3. The molecule has 3 heteroatoms. The zero-order valence-corrected chi connectivity index (χ0v) is 12.1. The zero-order chi connectivity index (χ0) is 14.8. The number of hydrogen-bond donors (Lipinski definition) is 1. The third-order valence-corrected chi connectivity index (χ3v) is 3.27. The van der Waals surface area contributed by atoms with Gasteiger partial charge >= 0.3 is 0 Å². The van der Waals surface area contributed by atoms with Crippen LogP contribution in [0, 0.1) is 0 Å². The van der Waals surface area contributed by atoms with Gasteiger partial charge in [0, 0.05) is 11.6 Å². The normalized spacial score (nSPS) is 11.0. The summed E-state index contributed by atoms with van der Waals surface area (Å²) in [5, 5.41) is 3.82. The molecule has 3 nitrogen and oxygen atoms in total. The first-order valence-electron chi connectivity index (χ1n) is 7.04. The highest BCUT2D eigenvalue weighted by molar-refractivity contribution is 5.86. The molecule has 0 aliphatic rings. The highest BCUT2D eigenvalue weighted by Gasteiger charge is 2.16. The van der Waals surface area contributed by atoms with Crippen LogP contribution in [-0.4, -0.2) is 6.04 Å². The van der Waals surface area contributed by atoms with Crippen molar-refractivity contribution in [2.75, 3.05) is 5.32 Å². The molecule has 0 amide bonds. The molecule has 0 unspecified atom stereocenters. The quantitative estimate of drug-likeness (QED) is 0.778. The van der Waals surface area contributed by atoms with E-state index in [9.17, 15) is 4.79 Å². The summed E-state index contributed by atoms with van der Waals surface area (Å²) in [6.07, 6.45) is 0. The summed E-state index contributed by atoms with van der Waals surface area (Å²) in [7, 11) is 0. The molecule has 21 heavy (non-hydrogen) atoms. The molecule has 1 N–H and O–H groups in total. The second-order valence-corrected chi connectivity index (χ2v) is 5.30. The van der Waals surface area contributed by atoms with Gasteiger partial charge in [-0.1, -0.05) is 42.5 Å². The zero-order valence-electron chi connectivity index (χ0n) is 12.1. The van der Waals surface area contributed by atoms with Crippen molar-refractivity contribution in [3.05, 3.63) is 64.8 Å². The van der Waals surface area contributed by atoms with Gasteiger partial charge in [-0.25, -0.2) is 0 Å². The first-order valence-corrected chi connectivity index (χ1v) is 7.04. The van der Waals surface area contributed by atoms with E-state index in [0.29, 0.717) is 22.4 Å². The summed E-state index contributed by atoms with van der Waals surface area (Å²) in [6.45, 7) is 4.01. The predicted molar refractivity (Wildman–Crippen MR) is 86.7 cm³/mol. The molecule has 0 aliphatic heterocycles. The van der Waals surface area contributed by atoms with Crippen LogP contribution in [0.5, 0.6) is 0 Å². The summed E-state index contributed by atoms with van der Waals surface area (Å²) in [5.74, 6) is 0.591. The minimum Gasteiger partial charge on any atom is -0.454 e. The van der Waals surface area contributed by atoms with Gasteiger partial charge in [-0.2, -0.15) is 0 Å². The molecule has 0 saturated carbocycles. The number of anilines is 1. The summed E-state index contributed by atoms with van der Waals surface area (Å²) in [6, 6.07) is 17.2. The molecule has 1 aromatic heterocycles. The van der Waals surface area contributed by atoms with Gasteiger partial charge < -0.3 is 9.73 Å². The largest absolute Gasteiger partial charge is 0.454 e. The molecule has 0 bridgehead atoms. The Morgan fingerprint density at radius 2 is 1.62 bits per heavy atom. The Balaban J connectivity index is 2.33. The van der Waals surface area contributed by atoms with E-state index in [0.717, 1.165) is 5.56 Å². The van der Waals surface area contributed by atoms with Crippen LogP contribution >= 0.6 is 0 Å². The number of para-hydroxylation sites is 1. The number of rotatable bonds is 3. The number of fused-ring (bicyclic) bond motifs is 1. The molecule has 0 fully saturated rings. The molecular weight excluding hydrogens is 262 g/mol. The molecular formula is C18H17NO2. The van der Waals surface area contributed by atoms with Crippen molar-refractivity contribution in [3.63, 3.8) is 0 Å². The number of benzene rings is 2. The SMILES string of the molecule is CC(C)Nc1c(-c2ccccc2)oc2ccccc2c1=O. The maximum Gasteiger partial charge on any atom is 0.216 e. The number of hydrogen-bond acceptors (Lipinski definition) is 3. The maximum absolute atomic E-state index is 12.7. The van der Waals surface area contributed by atoms with E-state index < -0.39 is 0 Å². The minimum atomic E-state index is -0.0237. The van der Waals surface area contributed by atoms with Gasteiger partial charge in [0.15, 0.2) is 5.76 Å². The highest BCUT2D eigenvalue weighted by Crippen LogP contribution is 2.29. The highest BCUT2D eigenvalue weighted by atomic mass is 16.3. The van der Waals surface area contributed by atoms with Crippen LogP contribution in [-0.2, 0) is 0 Å². The average molecular weight is 279 g/mol. The van der Waals surface area contributed by atoms with E-state index in [2.05, 4.69) is 5.32 Å². The van der Waals surface area contributed by atoms with Crippen LogP contribution in [0.2, 0.25) is 0 Å². The van der Waals surface area contributed by atoms with Crippen molar-refractivity contribution in [3.8, 4) is 11.3 Å². The van der Waals surface area contributed by atoms with E-state index >= 15 is 0 Å². The van der Waals surface area contributed by atoms with Crippen molar-refractivity contribution < 1.29 is 4.42 Å². The van der Waals surface area contributed by atoms with Crippen LogP contribution in [0.25, 0.3) is 22.3 Å². The van der Waals surface area contributed by atoms with E-state index in [1.807, 2.05) is 62.4 Å². The lowest BCUT2D eigenvalue weighted by atomic mass is 10.1. The van der Waals surface area contributed by atoms with Crippen LogP contribution in [0.1, 0.15) is 13.8 Å². The summed E-state index contributed by atoms with van der Waals surface area (Å²) >= 11 is 0. The maximum atomic E-state index is 12.7. The summed E-state index contributed by atoms with van der Waals surface area (Å²) in [5.41, 5.74) is 2.00. The third-order valence-electron chi connectivity index (χ3n) is 3.27. The van der Waals surface area contributed by atoms with E-state index in [4.69, 9.17) is 4.42 Å². The fourth-order valence-corrected chi connectivity index (χ4v) is 2.35. The third kappa shape index (κ3) is 2.55. The lowest BCUT2D eigenvalue weighted by Gasteiger charge is -2.14. The van der Waals surface area contributed by atoms with E-state index in [1.54, 1.807) is 6.07 Å². The van der Waals surface area contributed by atoms with Crippen LogP contribution < -0.4 is 10.7 Å². The predicted octanol–water partition coefficient (Wildman–Crippen LogP) is 4.28. The molecule has 0 spiro atoms. The van der Waals surface area contributed by atoms with Crippen molar-refractivity contribution in [2.45, 2.75) is 19.9 Å². The topological polar surface area (TPSA) is 42.2 Å². The lowest BCUT2D eigenvalue weighted by molar-refractivity contribution is 0.619. The Labute approximate surface area is 123 Å². The fourth-order valence-electron chi connectivity index (χ4n) is 2.35. The summed E-state index contributed by atoms with van der Waals surface area (Å²) < 4.78 is 6.00. The van der Waals surface area contributed by atoms with Crippen LogP contribution in [0.15, 0.2) is 63.8 Å². The van der Waals surface area contributed by atoms with Gasteiger partial charge in [-0.15, -0.1) is 0 Å². The van der Waals surface area contributed by atoms with Gasteiger partial charge in [0.1, 0.15) is 11.3 Å². The fraction of sp³-hybridized carbons (Fsp3) is 0.167. The second kappa shape index (κ2) is 5.44.